The van der Waals surface area contributed by atoms with E-state index in [1.165, 1.54) is 70.6 Å². The number of hydrogen-bond acceptors (Lipinski definition) is 6. The maximum atomic E-state index is 6.55. The minimum atomic E-state index is -0.280. The van der Waals surface area contributed by atoms with Gasteiger partial charge in [-0.2, -0.15) is 0 Å². The van der Waals surface area contributed by atoms with E-state index in [9.17, 15) is 0 Å². The molecule has 1 saturated heterocycles. The summed E-state index contributed by atoms with van der Waals surface area (Å²) < 4.78 is 29.4. The lowest BCUT2D eigenvalue weighted by Gasteiger charge is -2.43. The minimum Gasteiger partial charge on any atom is -0.382 e. The molecule has 1 heterocycles. The third-order valence-electron chi connectivity index (χ3n) is 8.47. The van der Waals surface area contributed by atoms with Crippen molar-refractivity contribution in [1.82, 2.24) is 0 Å². The number of ether oxygens (including phenoxy) is 5. The van der Waals surface area contributed by atoms with Crippen molar-refractivity contribution in [2.24, 2.45) is 23.5 Å². The first kappa shape index (κ1) is 33.8. The van der Waals surface area contributed by atoms with Crippen molar-refractivity contribution in [3.05, 3.63) is 0 Å². The molecule has 2 N–H and O–H groups in total. The highest BCUT2D eigenvalue weighted by Gasteiger charge is 2.40. The van der Waals surface area contributed by atoms with E-state index in [2.05, 4.69) is 27.7 Å². The van der Waals surface area contributed by atoms with Gasteiger partial charge < -0.3 is 29.4 Å². The zero-order valence-corrected chi connectivity index (χ0v) is 24.8. The van der Waals surface area contributed by atoms with Gasteiger partial charge in [-0.25, -0.2) is 0 Å². The van der Waals surface area contributed by atoms with E-state index in [0.717, 1.165) is 12.8 Å². The molecule has 2 unspecified atom stereocenters. The van der Waals surface area contributed by atoms with Crippen LogP contribution in [0.1, 0.15) is 111 Å². The molecule has 0 aromatic carbocycles. The van der Waals surface area contributed by atoms with E-state index in [1.807, 2.05) is 0 Å². The Balaban J connectivity index is 2.31. The molecular weight excluding hydrogens is 454 g/mol. The number of methoxy groups -OCH3 is 3. The van der Waals surface area contributed by atoms with E-state index in [-0.39, 0.29) is 30.6 Å². The fourth-order valence-electron chi connectivity index (χ4n) is 5.54. The van der Waals surface area contributed by atoms with Gasteiger partial charge in [0, 0.05) is 27.2 Å². The third-order valence-corrected chi connectivity index (χ3v) is 8.47. The molecule has 0 aromatic heterocycles. The summed E-state index contributed by atoms with van der Waals surface area (Å²) in [6, 6.07) is -0.274. The van der Waals surface area contributed by atoms with Crippen molar-refractivity contribution < 1.29 is 23.7 Å². The normalized spacial score (nSPS) is 27.2. The SMILES string of the molecule is CCCCCCCCCCCCCC[C@@H](OC)[C@@H](OC)[C@@H](N)CO[C@H]1OC(COC)[C@H](C)[C@H](C)C1C. The van der Waals surface area contributed by atoms with Crippen LogP contribution in [0.25, 0.3) is 0 Å². The Kier molecular flexibility index (Phi) is 19.4. The number of unbranched alkanes of at least 4 members (excludes halogenated alkanes) is 11. The van der Waals surface area contributed by atoms with Crippen LogP contribution in [0.15, 0.2) is 0 Å². The second-order valence-electron chi connectivity index (χ2n) is 11.2. The molecule has 36 heavy (non-hydrogen) atoms. The highest BCUT2D eigenvalue weighted by molar-refractivity contribution is 4.85. The van der Waals surface area contributed by atoms with Crippen molar-refractivity contribution in [3.63, 3.8) is 0 Å². The first-order chi connectivity index (χ1) is 17.4. The summed E-state index contributed by atoms with van der Waals surface area (Å²) in [5.74, 6) is 1.20. The van der Waals surface area contributed by atoms with Crippen LogP contribution >= 0.6 is 0 Å². The molecule has 0 aliphatic carbocycles. The maximum absolute atomic E-state index is 6.55. The monoisotopic (exact) mass is 515 g/mol. The Labute approximate surface area is 223 Å². The van der Waals surface area contributed by atoms with Gasteiger partial charge in [-0.15, -0.1) is 0 Å². The first-order valence-electron chi connectivity index (χ1n) is 15.0. The van der Waals surface area contributed by atoms with Crippen molar-refractivity contribution in [1.29, 1.82) is 0 Å². The Morgan fingerprint density at radius 2 is 1.28 bits per heavy atom. The highest BCUT2D eigenvalue weighted by Crippen LogP contribution is 2.35. The third kappa shape index (κ3) is 12.5. The van der Waals surface area contributed by atoms with Crippen LogP contribution in [0.5, 0.6) is 0 Å². The number of rotatable bonds is 22. The van der Waals surface area contributed by atoms with Gasteiger partial charge in [-0.1, -0.05) is 105 Å². The Hall–Kier alpha value is -0.240. The molecule has 0 radical (unpaired) electrons. The van der Waals surface area contributed by atoms with Gasteiger partial charge in [0.25, 0.3) is 0 Å². The molecule has 216 valence electrons. The molecule has 8 atom stereocenters. The average molecular weight is 516 g/mol. The lowest BCUT2D eigenvalue weighted by Crippen LogP contribution is -2.51. The quantitative estimate of drug-likeness (QED) is 0.161. The Bertz CT molecular complexity index is 508. The van der Waals surface area contributed by atoms with E-state index in [4.69, 9.17) is 29.4 Å². The predicted octanol–water partition coefficient (Wildman–Crippen LogP) is 6.73. The zero-order valence-electron chi connectivity index (χ0n) is 24.8. The van der Waals surface area contributed by atoms with Crippen LogP contribution in [0.2, 0.25) is 0 Å². The van der Waals surface area contributed by atoms with Gasteiger partial charge in [-0.3, -0.25) is 0 Å². The maximum Gasteiger partial charge on any atom is 0.160 e. The zero-order chi connectivity index (χ0) is 26.8. The van der Waals surface area contributed by atoms with E-state index < -0.39 is 0 Å². The molecule has 6 nitrogen and oxygen atoms in total. The van der Waals surface area contributed by atoms with Crippen LogP contribution < -0.4 is 5.73 Å². The topological polar surface area (TPSA) is 72.2 Å². The van der Waals surface area contributed by atoms with E-state index in [0.29, 0.717) is 31.0 Å². The summed E-state index contributed by atoms with van der Waals surface area (Å²) in [6.45, 7) is 9.93. The summed E-state index contributed by atoms with van der Waals surface area (Å²) >= 11 is 0. The van der Waals surface area contributed by atoms with E-state index in [1.54, 1.807) is 21.3 Å². The van der Waals surface area contributed by atoms with E-state index >= 15 is 0 Å². The van der Waals surface area contributed by atoms with Gasteiger partial charge in [0.1, 0.15) is 6.10 Å². The molecular formula is C30H61NO5. The van der Waals surface area contributed by atoms with Gasteiger partial charge in [0.05, 0.1) is 31.5 Å². The smallest absolute Gasteiger partial charge is 0.160 e. The standard InChI is InChI=1S/C30H61NO5/c1-8-9-10-11-12-13-14-15-16-17-18-19-20-27(33-6)29(34-7)26(31)21-35-30-25(4)23(2)24(3)28(36-30)22-32-5/h23-30H,8-22,31H2,1-7H3/t23-,24+,25?,26-,27+,28?,29-,30-/m0/s1. The summed E-state index contributed by atoms with van der Waals surface area (Å²) in [5, 5.41) is 0. The molecule has 1 aliphatic heterocycles. The molecule has 0 saturated carbocycles. The summed E-state index contributed by atoms with van der Waals surface area (Å²) in [5.41, 5.74) is 6.55. The molecule has 0 aromatic rings. The van der Waals surface area contributed by atoms with Crippen LogP contribution in [-0.4, -0.2) is 65.2 Å². The van der Waals surface area contributed by atoms with Crippen LogP contribution in [0, 0.1) is 17.8 Å². The van der Waals surface area contributed by atoms with Crippen molar-refractivity contribution in [2.75, 3.05) is 34.5 Å². The summed E-state index contributed by atoms with van der Waals surface area (Å²) in [4.78, 5) is 0. The Morgan fingerprint density at radius 3 is 1.78 bits per heavy atom. The fraction of sp³-hybridized carbons (Fsp3) is 1.00. The van der Waals surface area contributed by atoms with Gasteiger partial charge in [-0.05, 0) is 18.3 Å². The van der Waals surface area contributed by atoms with Crippen LogP contribution in [0.4, 0.5) is 0 Å². The predicted molar refractivity (Wildman–Crippen MR) is 149 cm³/mol. The highest BCUT2D eigenvalue weighted by atomic mass is 16.7. The number of nitrogens with two attached hydrogens (primary N) is 1. The lowest BCUT2D eigenvalue weighted by molar-refractivity contribution is -0.258. The van der Waals surface area contributed by atoms with Gasteiger partial charge >= 0.3 is 0 Å². The molecule has 1 rings (SSSR count). The molecule has 1 aliphatic rings. The lowest BCUT2D eigenvalue weighted by atomic mass is 9.79. The fourth-order valence-corrected chi connectivity index (χ4v) is 5.54. The molecule has 0 spiro atoms. The number of hydrogen-bond donors (Lipinski definition) is 1. The first-order valence-corrected chi connectivity index (χ1v) is 15.0. The molecule has 0 amide bonds. The largest absolute Gasteiger partial charge is 0.382 e. The minimum absolute atomic E-state index is 0.0263. The average Bonchev–Trinajstić information content (AvgIpc) is 2.88. The van der Waals surface area contributed by atoms with Crippen molar-refractivity contribution >= 4 is 0 Å². The molecule has 1 fully saturated rings. The summed E-state index contributed by atoms with van der Waals surface area (Å²) in [6.07, 6.45) is 16.6. The Morgan fingerprint density at radius 1 is 0.722 bits per heavy atom. The molecule has 6 heteroatoms. The second-order valence-corrected chi connectivity index (χ2v) is 11.2. The second kappa shape index (κ2) is 20.7. The van der Waals surface area contributed by atoms with Crippen molar-refractivity contribution in [3.8, 4) is 0 Å². The van der Waals surface area contributed by atoms with Crippen molar-refractivity contribution in [2.45, 2.75) is 142 Å². The van der Waals surface area contributed by atoms with Crippen LogP contribution in [-0.2, 0) is 23.7 Å². The summed E-state index contributed by atoms with van der Waals surface area (Å²) in [7, 11) is 5.20. The van der Waals surface area contributed by atoms with Crippen LogP contribution in [0.3, 0.4) is 0 Å². The van der Waals surface area contributed by atoms with Gasteiger partial charge in [0.2, 0.25) is 0 Å². The molecule has 0 bridgehead atoms. The van der Waals surface area contributed by atoms with Gasteiger partial charge in [0.15, 0.2) is 6.29 Å².